The van der Waals surface area contributed by atoms with Crippen LogP contribution in [0.2, 0.25) is 5.02 Å². The van der Waals surface area contributed by atoms with Crippen molar-refractivity contribution < 1.29 is 18.3 Å². The average molecular weight is 397 g/mol. The highest BCUT2D eigenvalue weighted by Crippen LogP contribution is 2.26. The van der Waals surface area contributed by atoms with Gasteiger partial charge < -0.3 is 9.64 Å². The van der Waals surface area contributed by atoms with Crippen LogP contribution in [-0.4, -0.2) is 43.0 Å². The molecule has 7 heteroatoms. The summed E-state index contributed by atoms with van der Waals surface area (Å²) in [7, 11) is 3.58. The van der Waals surface area contributed by atoms with E-state index in [4.69, 9.17) is 11.6 Å². The van der Waals surface area contributed by atoms with E-state index in [-0.39, 0.29) is 24.2 Å². The van der Waals surface area contributed by atoms with E-state index in [2.05, 4.69) is 4.74 Å². The first kappa shape index (κ1) is 21.1. The van der Waals surface area contributed by atoms with Gasteiger partial charge in [0.1, 0.15) is 5.75 Å². The number of carbonyl (C=O) groups is 1. The molecule has 1 unspecified atom stereocenters. The van der Waals surface area contributed by atoms with Gasteiger partial charge >= 0.3 is 6.61 Å². The van der Waals surface area contributed by atoms with Gasteiger partial charge in [0.15, 0.2) is 0 Å². The Hall–Kier alpha value is -2.18. The molecular formula is C20H23ClF2N2O2. The molecule has 1 atom stereocenters. The normalized spacial score (nSPS) is 12.3. The van der Waals surface area contributed by atoms with Gasteiger partial charge in [0.25, 0.3) is 0 Å². The maximum Gasteiger partial charge on any atom is 0.387 e. The Bertz CT molecular complexity index is 756. The molecule has 0 N–H and O–H groups in total. The number of likely N-dealkylation sites (N-methyl/N-ethyl adjacent to an activating group) is 2. The maximum atomic E-state index is 12.5. The summed E-state index contributed by atoms with van der Waals surface area (Å²) in [6.07, 6.45) is 0. The second-order valence-electron chi connectivity index (χ2n) is 6.38. The molecule has 0 saturated heterocycles. The smallest absolute Gasteiger partial charge is 0.387 e. The average Bonchev–Trinajstić information content (AvgIpc) is 2.62. The lowest BCUT2D eigenvalue weighted by atomic mass is 10.1. The third-order valence-electron chi connectivity index (χ3n) is 4.40. The summed E-state index contributed by atoms with van der Waals surface area (Å²) in [5.74, 6) is 0.0420. The molecule has 4 nitrogen and oxygen atoms in total. The molecule has 0 radical (unpaired) electrons. The Kier molecular flexibility index (Phi) is 7.56. The molecule has 0 bridgehead atoms. The summed E-state index contributed by atoms with van der Waals surface area (Å²) >= 11 is 6.23. The lowest BCUT2D eigenvalue weighted by Crippen LogP contribution is -2.37. The van der Waals surface area contributed by atoms with E-state index in [0.29, 0.717) is 11.6 Å². The third-order valence-corrected chi connectivity index (χ3v) is 4.74. The summed E-state index contributed by atoms with van der Waals surface area (Å²) in [6.45, 7) is -0.246. The van der Waals surface area contributed by atoms with E-state index < -0.39 is 6.61 Å². The van der Waals surface area contributed by atoms with Crippen LogP contribution < -0.4 is 4.74 Å². The number of nitrogens with zero attached hydrogens (tertiary/aromatic N) is 2. The first-order valence-corrected chi connectivity index (χ1v) is 8.88. The maximum absolute atomic E-state index is 12.5. The molecule has 0 heterocycles. The minimum Gasteiger partial charge on any atom is -0.435 e. The molecule has 0 aliphatic rings. The summed E-state index contributed by atoms with van der Waals surface area (Å²) in [5, 5.41) is 0.670. The van der Waals surface area contributed by atoms with Gasteiger partial charge in [-0.1, -0.05) is 41.9 Å². The zero-order valence-corrected chi connectivity index (χ0v) is 16.3. The van der Waals surface area contributed by atoms with Crippen molar-refractivity contribution in [3.05, 3.63) is 64.7 Å². The van der Waals surface area contributed by atoms with Crippen molar-refractivity contribution in [2.75, 3.05) is 20.6 Å². The SMILES string of the molecule is CC(c1ccccc1Cl)N(C)CC(=O)N(C)Cc1ccc(OC(F)F)cc1. The molecule has 2 aromatic rings. The highest BCUT2D eigenvalue weighted by molar-refractivity contribution is 6.31. The Balaban J connectivity index is 1.92. The van der Waals surface area contributed by atoms with Gasteiger partial charge in [0.05, 0.1) is 6.54 Å². The molecule has 0 fully saturated rings. The third kappa shape index (κ3) is 6.19. The summed E-state index contributed by atoms with van der Waals surface area (Å²) in [4.78, 5) is 16.0. The van der Waals surface area contributed by atoms with E-state index >= 15 is 0 Å². The van der Waals surface area contributed by atoms with Crippen LogP contribution in [0.4, 0.5) is 8.78 Å². The van der Waals surface area contributed by atoms with Crippen LogP contribution in [0, 0.1) is 0 Å². The quantitative estimate of drug-likeness (QED) is 0.654. The summed E-state index contributed by atoms with van der Waals surface area (Å²) in [5.41, 5.74) is 1.79. The van der Waals surface area contributed by atoms with Crippen LogP contribution >= 0.6 is 11.6 Å². The zero-order chi connectivity index (χ0) is 20.0. The van der Waals surface area contributed by atoms with Gasteiger partial charge in [-0.05, 0) is 43.3 Å². The molecule has 0 aromatic heterocycles. The van der Waals surface area contributed by atoms with Crippen molar-refractivity contribution in [3.63, 3.8) is 0 Å². The van der Waals surface area contributed by atoms with Crippen molar-refractivity contribution in [1.29, 1.82) is 0 Å². The fourth-order valence-corrected chi connectivity index (χ4v) is 2.95. The van der Waals surface area contributed by atoms with E-state index in [1.807, 2.05) is 43.1 Å². The minimum atomic E-state index is -2.85. The molecule has 0 saturated carbocycles. The van der Waals surface area contributed by atoms with E-state index in [0.717, 1.165) is 11.1 Å². The highest BCUT2D eigenvalue weighted by Gasteiger charge is 2.19. The number of hydrogen-bond donors (Lipinski definition) is 0. The van der Waals surface area contributed by atoms with Crippen molar-refractivity contribution >= 4 is 17.5 Å². The lowest BCUT2D eigenvalue weighted by Gasteiger charge is -2.27. The Morgan fingerprint density at radius 2 is 1.74 bits per heavy atom. The minimum absolute atomic E-state index is 0.0122. The van der Waals surface area contributed by atoms with Crippen LogP contribution in [0.3, 0.4) is 0 Å². The molecule has 1 amide bonds. The predicted molar refractivity (Wildman–Crippen MR) is 102 cm³/mol. The first-order valence-electron chi connectivity index (χ1n) is 8.50. The van der Waals surface area contributed by atoms with Crippen molar-refractivity contribution in [3.8, 4) is 5.75 Å². The molecule has 2 aromatic carbocycles. The number of ether oxygens (including phenoxy) is 1. The fraction of sp³-hybridized carbons (Fsp3) is 0.350. The monoisotopic (exact) mass is 396 g/mol. The van der Waals surface area contributed by atoms with Gasteiger partial charge in [0.2, 0.25) is 5.91 Å². The molecule has 2 rings (SSSR count). The topological polar surface area (TPSA) is 32.8 Å². The van der Waals surface area contributed by atoms with Gasteiger partial charge in [-0.2, -0.15) is 8.78 Å². The van der Waals surface area contributed by atoms with Crippen molar-refractivity contribution in [1.82, 2.24) is 9.80 Å². The van der Waals surface area contributed by atoms with Crippen LogP contribution in [0.5, 0.6) is 5.75 Å². The number of benzene rings is 2. The molecule has 0 aliphatic heterocycles. The number of amides is 1. The van der Waals surface area contributed by atoms with Crippen LogP contribution in [-0.2, 0) is 11.3 Å². The standard InChI is InChI=1S/C20H23ClF2N2O2/c1-14(17-6-4-5-7-18(17)21)24(2)13-19(26)25(3)12-15-8-10-16(11-9-15)27-20(22)23/h4-11,14,20H,12-13H2,1-3H3. The predicted octanol–water partition coefficient (Wildman–Crippen LogP) is 4.59. The molecule has 27 heavy (non-hydrogen) atoms. The van der Waals surface area contributed by atoms with Gasteiger partial charge in [-0.15, -0.1) is 0 Å². The second-order valence-corrected chi connectivity index (χ2v) is 6.79. The van der Waals surface area contributed by atoms with E-state index in [1.54, 1.807) is 24.1 Å². The molecule has 146 valence electrons. The second kappa shape index (κ2) is 9.67. The number of alkyl halides is 2. The number of hydrogen-bond acceptors (Lipinski definition) is 3. The van der Waals surface area contributed by atoms with Gasteiger partial charge in [-0.3, -0.25) is 9.69 Å². The first-order chi connectivity index (χ1) is 12.8. The fourth-order valence-electron chi connectivity index (χ4n) is 2.66. The van der Waals surface area contributed by atoms with Crippen LogP contribution in [0.15, 0.2) is 48.5 Å². The Morgan fingerprint density at radius 3 is 2.33 bits per heavy atom. The summed E-state index contributed by atoms with van der Waals surface area (Å²) in [6, 6.07) is 13.8. The Labute approximate surface area is 163 Å². The summed E-state index contributed by atoms with van der Waals surface area (Å²) < 4.78 is 28.7. The number of carbonyl (C=O) groups excluding carboxylic acids is 1. The Morgan fingerprint density at radius 1 is 1.11 bits per heavy atom. The number of halogens is 3. The van der Waals surface area contributed by atoms with Gasteiger partial charge in [-0.25, -0.2) is 0 Å². The molecular weight excluding hydrogens is 374 g/mol. The highest BCUT2D eigenvalue weighted by atomic mass is 35.5. The van der Waals surface area contributed by atoms with Crippen molar-refractivity contribution in [2.45, 2.75) is 26.1 Å². The lowest BCUT2D eigenvalue weighted by molar-refractivity contribution is -0.131. The number of rotatable bonds is 8. The van der Waals surface area contributed by atoms with E-state index in [1.165, 1.54) is 12.1 Å². The van der Waals surface area contributed by atoms with Crippen LogP contribution in [0.25, 0.3) is 0 Å². The largest absolute Gasteiger partial charge is 0.435 e. The molecule has 0 spiro atoms. The van der Waals surface area contributed by atoms with Crippen molar-refractivity contribution in [2.24, 2.45) is 0 Å². The van der Waals surface area contributed by atoms with Crippen LogP contribution in [0.1, 0.15) is 24.1 Å². The molecule has 0 aliphatic carbocycles. The zero-order valence-electron chi connectivity index (χ0n) is 15.5. The van der Waals surface area contributed by atoms with Gasteiger partial charge in [0, 0.05) is 24.7 Å². The van der Waals surface area contributed by atoms with E-state index in [9.17, 15) is 13.6 Å².